The zero-order chi connectivity index (χ0) is 15.2. The molecule has 1 saturated heterocycles. The second-order valence-corrected chi connectivity index (χ2v) is 6.97. The Hall–Kier alpha value is -1.49. The molecule has 4 rings (SSSR count). The standard InChI is InChI=1S/C18H18O3S/c1-2-13-12-20-22(19)16-11-7-6-10-15(16)18(17(13)21-18)14-8-4-3-5-9-14/h3-11,13,17H,2,12H2,1H3/t13?,17-,18+,22?/m0/s1. The highest BCUT2D eigenvalue weighted by atomic mass is 32.2. The average molecular weight is 314 g/mol. The van der Waals surface area contributed by atoms with Crippen molar-refractivity contribution in [1.82, 2.24) is 0 Å². The number of epoxide rings is 1. The molecule has 4 atom stereocenters. The highest BCUT2D eigenvalue weighted by Gasteiger charge is 2.63. The summed E-state index contributed by atoms with van der Waals surface area (Å²) in [6.45, 7) is 2.60. The molecule has 0 bridgehead atoms. The Balaban J connectivity index is 1.93. The van der Waals surface area contributed by atoms with Crippen molar-refractivity contribution in [2.45, 2.75) is 29.9 Å². The van der Waals surface area contributed by atoms with Crippen molar-refractivity contribution >= 4 is 11.1 Å². The fourth-order valence-corrected chi connectivity index (χ4v) is 4.45. The van der Waals surface area contributed by atoms with Crippen molar-refractivity contribution < 1.29 is 13.1 Å². The summed E-state index contributed by atoms with van der Waals surface area (Å²) < 4.78 is 24.3. The zero-order valence-corrected chi connectivity index (χ0v) is 13.2. The third-order valence-corrected chi connectivity index (χ3v) is 5.73. The first-order valence-electron chi connectivity index (χ1n) is 7.65. The summed E-state index contributed by atoms with van der Waals surface area (Å²) in [6.07, 6.45) is 1.02. The second-order valence-electron chi connectivity index (χ2n) is 5.82. The van der Waals surface area contributed by atoms with Crippen LogP contribution in [0.2, 0.25) is 0 Å². The van der Waals surface area contributed by atoms with Crippen LogP contribution in [0.1, 0.15) is 24.5 Å². The first-order chi connectivity index (χ1) is 10.8. The molecule has 22 heavy (non-hydrogen) atoms. The molecule has 2 aliphatic heterocycles. The van der Waals surface area contributed by atoms with Crippen molar-refractivity contribution in [3.05, 3.63) is 65.7 Å². The van der Waals surface area contributed by atoms with Crippen molar-refractivity contribution in [1.29, 1.82) is 0 Å². The van der Waals surface area contributed by atoms with Crippen LogP contribution in [0.3, 0.4) is 0 Å². The van der Waals surface area contributed by atoms with Crippen molar-refractivity contribution in [2.75, 3.05) is 6.61 Å². The predicted octanol–water partition coefficient (Wildman–Crippen LogP) is 3.41. The third kappa shape index (κ3) is 1.98. The third-order valence-electron chi connectivity index (χ3n) is 4.67. The molecular formula is C18H18O3S. The minimum absolute atomic E-state index is 0.0818. The quantitative estimate of drug-likeness (QED) is 0.797. The Kier molecular flexibility index (Phi) is 3.40. The molecule has 0 aromatic heterocycles. The molecule has 2 heterocycles. The summed E-state index contributed by atoms with van der Waals surface area (Å²) >= 11 is -1.44. The van der Waals surface area contributed by atoms with E-state index >= 15 is 0 Å². The van der Waals surface area contributed by atoms with Crippen LogP contribution >= 0.6 is 0 Å². The SMILES string of the molecule is CCC1COS(=O)c2ccccc2[C@@]2(c3ccccc3)O[C@@H]12. The molecule has 0 N–H and O–H groups in total. The number of hydrogen-bond donors (Lipinski definition) is 0. The molecule has 0 radical (unpaired) electrons. The summed E-state index contributed by atoms with van der Waals surface area (Å²) in [4.78, 5) is 0.725. The summed E-state index contributed by atoms with van der Waals surface area (Å²) in [5.41, 5.74) is 1.63. The van der Waals surface area contributed by atoms with E-state index < -0.39 is 16.7 Å². The molecule has 114 valence electrons. The van der Waals surface area contributed by atoms with E-state index in [2.05, 4.69) is 19.1 Å². The van der Waals surface area contributed by atoms with E-state index in [0.717, 1.165) is 22.4 Å². The monoisotopic (exact) mass is 314 g/mol. The van der Waals surface area contributed by atoms with Gasteiger partial charge in [0.1, 0.15) is 11.7 Å². The molecule has 2 unspecified atom stereocenters. The maximum Gasteiger partial charge on any atom is 0.189 e. The summed E-state index contributed by atoms with van der Waals surface area (Å²) in [7, 11) is 0. The Morgan fingerprint density at radius 1 is 1.14 bits per heavy atom. The van der Waals surface area contributed by atoms with Gasteiger partial charge in [-0.1, -0.05) is 55.5 Å². The van der Waals surface area contributed by atoms with Crippen LogP contribution in [0.25, 0.3) is 0 Å². The van der Waals surface area contributed by atoms with Gasteiger partial charge in [-0.3, -0.25) is 4.18 Å². The number of rotatable bonds is 2. The number of ether oxygens (including phenoxy) is 1. The molecule has 0 spiro atoms. The Labute approximate surface area is 132 Å². The molecule has 2 aromatic carbocycles. The maximum absolute atomic E-state index is 12.5. The summed E-state index contributed by atoms with van der Waals surface area (Å²) in [5, 5.41) is 0. The van der Waals surface area contributed by atoms with Gasteiger partial charge in [-0.05, 0) is 18.1 Å². The van der Waals surface area contributed by atoms with Crippen molar-refractivity contribution in [2.24, 2.45) is 5.92 Å². The summed E-state index contributed by atoms with van der Waals surface area (Å²) in [5.74, 6) is 0.248. The molecule has 1 fully saturated rings. The van der Waals surface area contributed by atoms with Gasteiger partial charge in [0.05, 0.1) is 11.5 Å². The van der Waals surface area contributed by atoms with Gasteiger partial charge in [0.2, 0.25) is 0 Å². The molecule has 0 aliphatic carbocycles. The van der Waals surface area contributed by atoms with Crippen LogP contribution in [-0.4, -0.2) is 16.9 Å². The lowest BCUT2D eigenvalue weighted by molar-refractivity contribution is 0.220. The van der Waals surface area contributed by atoms with Crippen LogP contribution < -0.4 is 0 Å². The first kappa shape index (κ1) is 14.1. The van der Waals surface area contributed by atoms with Gasteiger partial charge in [0, 0.05) is 11.5 Å². The van der Waals surface area contributed by atoms with Gasteiger partial charge in [-0.15, -0.1) is 0 Å². The first-order valence-corrected chi connectivity index (χ1v) is 8.72. The van der Waals surface area contributed by atoms with Gasteiger partial charge in [0.25, 0.3) is 0 Å². The minimum Gasteiger partial charge on any atom is -0.355 e. The highest BCUT2D eigenvalue weighted by molar-refractivity contribution is 7.80. The number of fused-ring (bicyclic) bond motifs is 3. The van der Waals surface area contributed by atoms with Crippen LogP contribution in [0.5, 0.6) is 0 Å². The smallest absolute Gasteiger partial charge is 0.189 e. The normalized spacial score (nSPS) is 33.2. The van der Waals surface area contributed by atoms with Gasteiger partial charge < -0.3 is 4.74 Å². The topological polar surface area (TPSA) is 38.8 Å². The van der Waals surface area contributed by atoms with E-state index in [9.17, 15) is 4.21 Å². The Morgan fingerprint density at radius 3 is 2.64 bits per heavy atom. The fourth-order valence-electron chi connectivity index (χ4n) is 3.44. The Morgan fingerprint density at radius 2 is 1.86 bits per heavy atom. The van der Waals surface area contributed by atoms with Gasteiger partial charge >= 0.3 is 0 Å². The molecule has 2 aliphatic rings. The molecule has 2 aromatic rings. The van der Waals surface area contributed by atoms with E-state index in [1.54, 1.807) is 0 Å². The fraction of sp³-hybridized carbons (Fsp3) is 0.333. The lowest BCUT2D eigenvalue weighted by Crippen LogP contribution is -2.28. The molecule has 0 saturated carbocycles. The molecule has 3 nitrogen and oxygen atoms in total. The molecule has 4 heteroatoms. The van der Waals surface area contributed by atoms with E-state index in [1.807, 2.05) is 42.5 Å². The van der Waals surface area contributed by atoms with Crippen molar-refractivity contribution in [3.63, 3.8) is 0 Å². The molecular weight excluding hydrogens is 296 g/mol. The lowest BCUT2D eigenvalue weighted by Gasteiger charge is -2.23. The van der Waals surface area contributed by atoms with Gasteiger partial charge in [-0.25, -0.2) is 4.21 Å². The zero-order valence-electron chi connectivity index (χ0n) is 12.4. The minimum atomic E-state index is -1.44. The molecule has 0 amide bonds. The highest BCUT2D eigenvalue weighted by Crippen LogP contribution is 2.57. The van der Waals surface area contributed by atoms with E-state index in [1.165, 1.54) is 0 Å². The number of hydrogen-bond acceptors (Lipinski definition) is 3. The average Bonchev–Trinajstić information content (AvgIpc) is 3.31. The number of benzene rings is 2. The van der Waals surface area contributed by atoms with Crippen LogP contribution in [0, 0.1) is 5.92 Å². The van der Waals surface area contributed by atoms with E-state index in [4.69, 9.17) is 8.92 Å². The van der Waals surface area contributed by atoms with Crippen LogP contribution in [0.15, 0.2) is 59.5 Å². The second kappa shape index (κ2) is 5.30. The van der Waals surface area contributed by atoms with E-state index in [-0.39, 0.29) is 12.0 Å². The van der Waals surface area contributed by atoms with Crippen LogP contribution in [0.4, 0.5) is 0 Å². The largest absolute Gasteiger partial charge is 0.355 e. The predicted molar refractivity (Wildman–Crippen MR) is 84.7 cm³/mol. The lowest BCUT2D eigenvalue weighted by atomic mass is 9.82. The van der Waals surface area contributed by atoms with Crippen LogP contribution in [-0.2, 0) is 25.6 Å². The van der Waals surface area contributed by atoms with Gasteiger partial charge in [-0.2, -0.15) is 0 Å². The summed E-state index contributed by atoms with van der Waals surface area (Å²) in [6, 6.07) is 18.0. The Bertz CT molecular complexity index is 715. The van der Waals surface area contributed by atoms with Crippen molar-refractivity contribution in [3.8, 4) is 0 Å². The van der Waals surface area contributed by atoms with Gasteiger partial charge in [0.15, 0.2) is 11.1 Å². The van der Waals surface area contributed by atoms with E-state index in [0.29, 0.717) is 6.61 Å². The maximum atomic E-state index is 12.5.